The van der Waals surface area contributed by atoms with Gasteiger partial charge in [-0.1, -0.05) is 53.5 Å². The Balaban J connectivity index is 1.48. The van der Waals surface area contributed by atoms with Crippen LogP contribution in [-0.2, 0) is 0 Å². The van der Waals surface area contributed by atoms with E-state index in [1.165, 1.54) is 4.90 Å². The van der Waals surface area contributed by atoms with Crippen molar-refractivity contribution >= 4 is 39.8 Å². The van der Waals surface area contributed by atoms with Crippen LogP contribution in [0.25, 0.3) is 10.9 Å². The van der Waals surface area contributed by atoms with Crippen LogP contribution in [0.5, 0.6) is 5.88 Å². The van der Waals surface area contributed by atoms with Crippen molar-refractivity contribution in [3.63, 3.8) is 0 Å². The third kappa shape index (κ3) is 6.34. The summed E-state index contributed by atoms with van der Waals surface area (Å²) in [5.74, 6) is -0.226. The highest BCUT2D eigenvalue weighted by Gasteiger charge is 2.32. The number of halogens is 5. The highest BCUT2D eigenvalue weighted by molar-refractivity contribution is 6.30. The largest absolute Gasteiger partial charge is 0.493 e. The van der Waals surface area contributed by atoms with E-state index in [9.17, 15) is 18.3 Å². The Kier molecular flexibility index (Phi) is 7.70. The number of hydrogen-bond donors (Lipinski definition) is 2. The standard InChI is InChI=1S/C29H26Cl2F3N3O/c30-21-6-1-18(2-7-21)28(19-3-8-22(31)9-4-19)20-5-10-25-24(15-20)26(16-27(38)36-25)35-23-11-13-37(14-12-23)17-29(32,33)34/h1-10,15-16,23,28H,11-14,17H2,(H2,35,36,38). The van der Waals surface area contributed by atoms with Crippen LogP contribution in [0.1, 0.15) is 35.4 Å². The molecule has 0 radical (unpaired) electrons. The lowest BCUT2D eigenvalue weighted by atomic mass is 9.84. The van der Waals surface area contributed by atoms with Gasteiger partial charge in [0.05, 0.1) is 12.1 Å². The predicted octanol–water partition coefficient (Wildman–Crippen LogP) is 7.87. The Labute approximate surface area is 229 Å². The predicted molar refractivity (Wildman–Crippen MR) is 146 cm³/mol. The number of nitrogens with one attached hydrogen (secondary N) is 1. The maximum Gasteiger partial charge on any atom is 0.401 e. The summed E-state index contributed by atoms with van der Waals surface area (Å²) in [6.45, 7) is -0.182. The molecule has 0 spiro atoms. The average molecular weight is 560 g/mol. The van der Waals surface area contributed by atoms with Crippen LogP contribution < -0.4 is 5.32 Å². The number of benzene rings is 3. The molecule has 5 rings (SSSR count). The molecular formula is C29H26Cl2F3N3O. The zero-order valence-electron chi connectivity index (χ0n) is 20.3. The number of anilines is 1. The quantitative estimate of drug-likeness (QED) is 0.236. The van der Waals surface area contributed by atoms with Crippen LogP contribution >= 0.6 is 23.2 Å². The monoisotopic (exact) mass is 559 g/mol. The highest BCUT2D eigenvalue weighted by Crippen LogP contribution is 2.37. The summed E-state index contributed by atoms with van der Waals surface area (Å²) in [5, 5.41) is 15.9. The molecule has 198 valence electrons. The van der Waals surface area contributed by atoms with Gasteiger partial charge in [-0.2, -0.15) is 13.2 Å². The normalized spacial score (nSPS) is 15.3. The first kappa shape index (κ1) is 26.6. The molecule has 4 nitrogen and oxygen atoms in total. The number of nitrogens with zero attached hydrogens (tertiary/aromatic N) is 2. The van der Waals surface area contributed by atoms with Gasteiger partial charge in [-0.3, -0.25) is 4.90 Å². The summed E-state index contributed by atoms with van der Waals surface area (Å²) in [6, 6.07) is 22.9. The molecule has 1 aromatic heterocycles. The molecule has 0 atom stereocenters. The lowest BCUT2D eigenvalue weighted by molar-refractivity contribution is -0.147. The van der Waals surface area contributed by atoms with Gasteiger partial charge in [0.1, 0.15) is 0 Å². The van der Waals surface area contributed by atoms with Crippen LogP contribution in [0.3, 0.4) is 0 Å². The molecule has 0 aliphatic carbocycles. The van der Waals surface area contributed by atoms with Gasteiger partial charge in [0.25, 0.3) is 0 Å². The van der Waals surface area contributed by atoms with Gasteiger partial charge in [0.15, 0.2) is 0 Å². The van der Waals surface area contributed by atoms with Crippen molar-refractivity contribution < 1.29 is 18.3 Å². The van der Waals surface area contributed by atoms with E-state index >= 15 is 0 Å². The van der Waals surface area contributed by atoms with Crippen molar-refractivity contribution in [3.8, 4) is 5.88 Å². The Morgan fingerprint density at radius 2 is 1.42 bits per heavy atom. The second-order valence-electron chi connectivity index (χ2n) is 9.65. The number of likely N-dealkylation sites (tertiary alicyclic amines) is 1. The molecule has 3 aromatic carbocycles. The summed E-state index contributed by atoms with van der Waals surface area (Å²) in [5.41, 5.74) is 4.44. The number of aromatic hydroxyl groups is 1. The summed E-state index contributed by atoms with van der Waals surface area (Å²) < 4.78 is 38.4. The molecule has 1 saturated heterocycles. The maximum atomic E-state index is 12.8. The van der Waals surface area contributed by atoms with Crippen molar-refractivity contribution in [1.82, 2.24) is 9.88 Å². The van der Waals surface area contributed by atoms with Gasteiger partial charge < -0.3 is 10.4 Å². The van der Waals surface area contributed by atoms with Crippen molar-refractivity contribution in [2.45, 2.75) is 31.0 Å². The van der Waals surface area contributed by atoms with Crippen LogP contribution in [0.15, 0.2) is 72.8 Å². The summed E-state index contributed by atoms with van der Waals surface area (Å²) in [4.78, 5) is 5.73. The molecule has 1 aliphatic heterocycles. The number of alkyl halides is 3. The Morgan fingerprint density at radius 1 is 0.868 bits per heavy atom. The fourth-order valence-corrected chi connectivity index (χ4v) is 5.38. The van der Waals surface area contributed by atoms with Crippen molar-refractivity contribution in [2.75, 3.05) is 25.0 Å². The third-order valence-corrected chi connectivity index (χ3v) is 7.41. The van der Waals surface area contributed by atoms with Crippen LogP contribution in [0.2, 0.25) is 10.0 Å². The first-order valence-electron chi connectivity index (χ1n) is 12.3. The van der Waals surface area contributed by atoms with Gasteiger partial charge in [-0.15, -0.1) is 0 Å². The molecule has 2 N–H and O–H groups in total. The molecule has 4 aromatic rings. The van der Waals surface area contributed by atoms with Crippen LogP contribution in [0.4, 0.5) is 18.9 Å². The fourth-order valence-electron chi connectivity index (χ4n) is 5.13. The minimum Gasteiger partial charge on any atom is -0.493 e. The molecule has 0 saturated carbocycles. The molecular weight excluding hydrogens is 534 g/mol. The second-order valence-corrected chi connectivity index (χ2v) is 10.5. The smallest absolute Gasteiger partial charge is 0.401 e. The number of piperidine rings is 1. The number of aromatic nitrogens is 1. The van der Waals surface area contributed by atoms with E-state index in [4.69, 9.17) is 23.2 Å². The SMILES string of the molecule is Oc1cc(NC2CCN(CC(F)(F)F)CC2)c2cc(C(c3ccc(Cl)cc3)c3ccc(Cl)cc3)ccc2n1. The molecule has 0 bridgehead atoms. The summed E-state index contributed by atoms with van der Waals surface area (Å²) >= 11 is 12.3. The third-order valence-electron chi connectivity index (χ3n) is 6.91. The summed E-state index contributed by atoms with van der Waals surface area (Å²) in [6.07, 6.45) is -3.06. The Bertz CT molecular complexity index is 1360. The number of rotatable bonds is 6. The lowest BCUT2D eigenvalue weighted by Gasteiger charge is -2.33. The van der Waals surface area contributed by atoms with E-state index in [-0.39, 0.29) is 17.8 Å². The molecule has 9 heteroatoms. The molecule has 0 amide bonds. The highest BCUT2D eigenvalue weighted by atomic mass is 35.5. The van der Waals surface area contributed by atoms with Gasteiger partial charge >= 0.3 is 6.18 Å². The Hall–Kier alpha value is -3.00. The van der Waals surface area contributed by atoms with E-state index in [1.54, 1.807) is 6.07 Å². The fraction of sp³-hybridized carbons (Fsp3) is 0.276. The Morgan fingerprint density at radius 3 is 1.97 bits per heavy atom. The number of fused-ring (bicyclic) bond motifs is 1. The van der Waals surface area contributed by atoms with Crippen LogP contribution in [-0.4, -0.2) is 46.8 Å². The minimum atomic E-state index is -4.20. The van der Waals surface area contributed by atoms with Crippen molar-refractivity contribution in [2.24, 2.45) is 0 Å². The molecule has 0 unspecified atom stereocenters. The molecule has 2 heterocycles. The molecule has 38 heavy (non-hydrogen) atoms. The van der Waals surface area contributed by atoms with Crippen LogP contribution in [0, 0.1) is 0 Å². The van der Waals surface area contributed by atoms with Crippen molar-refractivity contribution in [1.29, 1.82) is 0 Å². The average Bonchev–Trinajstić information content (AvgIpc) is 2.87. The van der Waals surface area contributed by atoms with Crippen molar-refractivity contribution in [3.05, 3.63) is 99.5 Å². The zero-order chi connectivity index (χ0) is 26.9. The minimum absolute atomic E-state index is 0.0172. The van der Waals surface area contributed by atoms with E-state index in [1.807, 2.05) is 60.7 Å². The molecule has 1 aliphatic rings. The lowest BCUT2D eigenvalue weighted by Crippen LogP contribution is -2.43. The first-order valence-corrected chi connectivity index (χ1v) is 13.1. The summed E-state index contributed by atoms with van der Waals surface area (Å²) in [7, 11) is 0. The van der Waals surface area contributed by atoms with Gasteiger partial charge in [-0.25, -0.2) is 4.98 Å². The van der Waals surface area contributed by atoms with E-state index in [2.05, 4.69) is 16.4 Å². The van der Waals surface area contributed by atoms with Gasteiger partial charge in [0, 0.05) is 52.2 Å². The maximum absolute atomic E-state index is 12.8. The van der Waals surface area contributed by atoms with E-state index in [0.29, 0.717) is 47.2 Å². The second kappa shape index (κ2) is 11.0. The molecule has 1 fully saturated rings. The van der Waals surface area contributed by atoms with Gasteiger partial charge in [0.2, 0.25) is 5.88 Å². The van der Waals surface area contributed by atoms with E-state index < -0.39 is 12.7 Å². The number of hydrogen-bond acceptors (Lipinski definition) is 4. The first-order chi connectivity index (χ1) is 18.1. The number of pyridine rings is 1. The zero-order valence-corrected chi connectivity index (χ0v) is 21.9. The van der Waals surface area contributed by atoms with E-state index in [0.717, 1.165) is 22.1 Å². The van der Waals surface area contributed by atoms with Gasteiger partial charge in [-0.05, 0) is 65.9 Å². The topological polar surface area (TPSA) is 48.4 Å².